The molecule has 0 bridgehead atoms. The smallest absolute Gasteiger partial charge is 0.234 e. The van der Waals surface area contributed by atoms with Gasteiger partial charge in [0.25, 0.3) is 0 Å². The number of amides is 1. The molecule has 0 aromatic heterocycles. The molecule has 3 nitrogen and oxygen atoms in total. The zero-order chi connectivity index (χ0) is 13.9. The Morgan fingerprint density at radius 2 is 2.21 bits per heavy atom. The number of hydrogen-bond donors (Lipinski definition) is 2. The van der Waals surface area contributed by atoms with Crippen LogP contribution in [0.2, 0.25) is 0 Å². The number of thioether (sulfide) groups is 1. The SMILES string of the molecule is CC(C)(C)SCC(=O)Nc1cccc2c1CNCC2. The molecule has 2 N–H and O–H groups in total. The van der Waals surface area contributed by atoms with E-state index < -0.39 is 0 Å². The molecule has 19 heavy (non-hydrogen) atoms. The predicted molar refractivity (Wildman–Crippen MR) is 82.7 cm³/mol. The van der Waals surface area contributed by atoms with Crippen LogP contribution in [-0.4, -0.2) is 23.0 Å². The lowest BCUT2D eigenvalue weighted by Crippen LogP contribution is -2.26. The van der Waals surface area contributed by atoms with Crippen LogP contribution in [0.1, 0.15) is 31.9 Å². The van der Waals surface area contributed by atoms with E-state index in [1.54, 1.807) is 11.8 Å². The third-order valence-electron chi connectivity index (χ3n) is 3.06. The molecule has 1 heterocycles. The Bertz CT molecular complexity index is 466. The molecule has 0 atom stereocenters. The average molecular weight is 278 g/mol. The van der Waals surface area contributed by atoms with E-state index in [0.717, 1.165) is 25.2 Å². The highest BCUT2D eigenvalue weighted by Gasteiger charge is 2.16. The van der Waals surface area contributed by atoms with E-state index in [2.05, 4.69) is 37.5 Å². The molecule has 1 aliphatic heterocycles. The van der Waals surface area contributed by atoms with Gasteiger partial charge < -0.3 is 10.6 Å². The van der Waals surface area contributed by atoms with Gasteiger partial charge in [-0.25, -0.2) is 0 Å². The molecule has 1 aliphatic rings. The van der Waals surface area contributed by atoms with E-state index in [-0.39, 0.29) is 10.7 Å². The summed E-state index contributed by atoms with van der Waals surface area (Å²) in [5.41, 5.74) is 3.55. The maximum absolute atomic E-state index is 12.0. The minimum atomic E-state index is 0.0823. The maximum Gasteiger partial charge on any atom is 0.234 e. The summed E-state index contributed by atoms with van der Waals surface area (Å²) in [6, 6.07) is 6.16. The molecular formula is C15H22N2OS. The van der Waals surface area contributed by atoms with E-state index in [9.17, 15) is 4.79 Å². The zero-order valence-electron chi connectivity index (χ0n) is 11.9. The summed E-state index contributed by atoms with van der Waals surface area (Å²) in [5.74, 6) is 0.583. The fraction of sp³-hybridized carbons (Fsp3) is 0.533. The van der Waals surface area contributed by atoms with Crippen LogP contribution in [0, 0.1) is 0 Å². The quantitative estimate of drug-likeness (QED) is 0.893. The number of benzene rings is 1. The van der Waals surface area contributed by atoms with Crippen LogP contribution in [0.4, 0.5) is 5.69 Å². The average Bonchev–Trinajstić information content (AvgIpc) is 2.36. The van der Waals surface area contributed by atoms with Crippen LogP contribution in [0.3, 0.4) is 0 Å². The van der Waals surface area contributed by atoms with Crippen molar-refractivity contribution in [3.8, 4) is 0 Å². The van der Waals surface area contributed by atoms with Gasteiger partial charge in [0.1, 0.15) is 0 Å². The van der Waals surface area contributed by atoms with Crippen molar-refractivity contribution in [2.45, 2.75) is 38.5 Å². The third-order valence-corrected chi connectivity index (χ3v) is 4.33. The fourth-order valence-electron chi connectivity index (χ4n) is 2.10. The summed E-state index contributed by atoms with van der Waals surface area (Å²) in [6.45, 7) is 8.24. The molecule has 104 valence electrons. The number of fused-ring (bicyclic) bond motifs is 1. The van der Waals surface area contributed by atoms with Gasteiger partial charge in [-0.15, -0.1) is 11.8 Å². The number of carbonyl (C=O) groups excluding carboxylic acids is 1. The van der Waals surface area contributed by atoms with Gasteiger partial charge in [-0.1, -0.05) is 32.9 Å². The van der Waals surface area contributed by atoms with Crippen molar-refractivity contribution >= 4 is 23.4 Å². The molecule has 4 heteroatoms. The monoisotopic (exact) mass is 278 g/mol. The van der Waals surface area contributed by atoms with Gasteiger partial charge in [-0.2, -0.15) is 0 Å². The molecule has 1 aromatic rings. The number of carbonyl (C=O) groups is 1. The van der Waals surface area contributed by atoms with E-state index in [0.29, 0.717) is 5.75 Å². The Morgan fingerprint density at radius 3 is 2.95 bits per heavy atom. The Balaban J connectivity index is 2.01. The fourth-order valence-corrected chi connectivity index (χ4v) is 2.74. The van der Waals surface area contributed by atoms with Gasteiger partial charge in [-0.05, 0) is 30.2 Å². The summed E-state index contributed by atoms with van der Waals surface area (Å²) < 4.78 is 0.120. The first-order chi connectivity index (χ1) is 8.96. The van der Waals surface area contributed by atoms with Crippen LogP contribution in [-0.2, 0) is 17.8 Å². The van der Waals surface area contributed by atoms with Crippen molar-refractivity contribution in [2.75, 3.05) is 17.6 Å². The van der Waals surface area contributed by atoms with Crippen molar-refractivity contribution in [3.63, 3.8) is 0 Å². The molecule has 0 radical (unpaired) electrons. The van der Waals surface area contributed by atoms with E-state index in [4.69, 9.17) is 0 Å². The van der Waals surface area contributed by atoms with Crippen molar-refractivity contribution in [1.29, 1.82) is 0 Å². The van der Waals surface area contributed by atoms with E-state index in [1.807, 2.05) is 12.1 Å². The second-order valence-electron chi connectivity index (χ2n) is 5.82. The standard InChI is InChI=1S/C15H22N2OS/c1-15(2,3)19-10-14(18)17-13-6-4-5-11-7-8-16-9-12(11)13/h4-6,16H,7-10H2,1-3H3,(H,17,18). The summed E-state index contributed by atoms with van der Waals surface area (Å²) in [7, 11) is 0. The number of hydrogen-bond acceptors (Lipinski definition) is 3. The van der Waals surface area contributed by atoms with Crippen molar-refractivity contribution < 1.29 is 4.79 Å². The number of nitrogens with one attached hydrogen (secondary N) is 2. The van der Waals surface area contributed by atoms with Crippen molar-refractivity contribution in [1.82, 2.24) is 5.32 Å². The second-order valence-corrected chi connectivity index (χ2v) is 7.62. The Hall–Kier alpha value is -1.00. The van der Waals surface area contributed by atoms with Crippen LogP contribution in [0.25, 0.3) is 0 Å². The van der Waals surface area contributed by atoms with Gasteiger partial charge in [0.05, 0.1) is 5.75 Å². The Morgan fingerprint density at radius 1 is 1.42 bits per heavy atom. The maximum atomic E-state index is 12.0. The molecule has 0 saturated heterocycles. The van der Waals surface area contributed by atoms with Crippen molar-refractivity contribution in [3.05, 3.63) is 29.3 Å². The van der Waals surface area contributed by atoms with Crippen LogP contribution in [0.15, 0.2) is 18.2 Å². The van der Waals surface area contributed by atoms with Gasteiger partial charge in [0.2, 0.25) is 5.91 Å². The molecule has 0 aliphatic carbocycles. The second kappa shape index (κ2) is 5.97. The molecule has 0 fully saturated rings. The first-order valence-electron chi connectivity index (χ1n) is 6.71. The van der Waals surface area contributed by atoms with Crippen molar-refractivity contribution in [2.24, 2.45) is 0 Å². The van der Waals surface area contributed by atoms with Gasteiger partial charge in [0, 0.05) is 17.0 Å². The number of anilines is 1. The summed E-state index contributed by atoms with van der Waals surface area (Å²) >= 11 is 1.67. The normalized spacial score (nSPS) is 14.9. The Labute approximate surface area is 119 Å². The number of rotatable bonds is 3. The first-order valence-corrected chi connectivity index (χ1v) is 7.69. The van der Waals surface area contributed by atoms with Crippen LogP contribution in [0.5, 0.6) is 0 Å². The lowest BCUT2D eigenvalue weighted by Gasteiger charge is -2.21. The van der Waals surface area contributed by atoms with E-state index in [1.165, 1.54) is 11.1 Å². The molecule has 2 rings (SSSR count). The van der Waals surface area contributed by atoms with Gasteiger partial charge in [-0.3, -0.25) is 4.79 Å². The molecule has 1 aromatic carbocycles. The first kappa shape index (κ1) is 14.4. The molecule has 0 spiro atoms. The molecule has 0 unspecified atom stereocenters. The summed E-state index contributed by atoms with van der Waals surface area (Å²) in [4.78, 5) is 12.0. The van der Waals surface area contributed by atoms with Crippen LogP contribution < -0.4 is 10.6 Å². The van der Waals surface area contributed by atoms with Gasteiger partial charge in [0.15, 0.2) is 0 Å². The molecular weight excluding hydrogens is 256 g/mol. The Kier molecular flexibility index (Phi) is 4.53. The zero-order valence-corrected chi connectivity index (χ0v) is 12.7. The molecule has 1 amide bonds. The highest BCUT2D eigenvalue weighted by molar-refractivity contribution is 8.01. The lowest BCUT2D eigenvalue weighted by molar-refractivity contribution is -0.113. The highest BCUT2D eigenvalue weighted by Crippen LogP contribution is 2.25. The lowest BCUT2D eigenvalue weighted by atomic mass is 9.99. The third kappa shape index (κ3) is 4.25. The summed E-state index contributed by atoms with van der Waals surface area (Å²) in [5, 5.41) is 6.40. The minimum Gasteiger partial charge on any atom is -0.325 e. The molecule has 0 saturated carbocycles. The largest absolute Gasteiger partial charge is 0.325 e. The topological polar surface area (TPSA) is 41.1 Å². The van der Waals surface area contributed by atoms with E-state index >= 15 is 0 Å². The van der Waals surface area contributed by atoms with Crippen LogP contribution >= 0.6 is 11.8 Å². The predicted octanol–water partition coefficient (Wildman–Crippen LogP) is 2.80. The highest BCUT2D eigenvalue weighted by atomic mass is 32.2. The van der Waals surface area contributed by atoms with Gasteiger partial charge >= 0.3 is 0 Å². The minimum absolute atomic E-state index is 0.0823. The summed E-state index contributed by atoms with van der Waals surface area (Å²) in [6.07, 6.45) is 1.04.